The zero-order valence-corrected chi connectivity index (χ0v) is 19.7. The number of nitrogens with zero attached hydrogens (tertiary/aromatic N) is 3. The van der Waals surface area contributed by atoms with Crippen molar-refractivity contribution in [2.45, 2.75) is 31.5 Å². The van der Waals surface area contributed by atoms with E-state index < -0.39 is 17.5 Å². The third-order valence-corrected chi connectivity index (χ3v) is 7.11. The van der Waals surface area contributed by atoms with Crippen molar-refractivity contribution in [1.29, 1.82) is 0 Å². The lowest BCUT2D eigenvalue weighted by molar-refractivity contribution is 0.0958. The summed E-state index contributed by atoms with van der Waals surface area (Å²) in [5.74, 6) is -0.402. The molecule has 1 fully saturated rings. The first-order chi connectivity index (χ1) is 17.4. The maximum atomic E-state index is 15.3. The van der Waals surface area contributed by atoms with Gasteiger partial charge in [-0.15, -0.1) is 0 Å². The molecule has 1 atom stereocenters. The van der Waals surface area contributed by atoms with Gasteiger partial charge in [0.25, 0.3) is 11.5 Å². The number of amides is 1. The van der Waals surface area contributed by atoms with Gasteiger partial charge in [0.1, 0.15) is 17.4 Å². The second kappa shape index (κ2) is 8.67. The molecule has 3 aromatic heterocycles. The lowest BCUT2D eigenvalue weighted by Gasteiger charge is -2.30. The van der Waals surface area contributed by atoms with Crippen molar-refractivity contribution >= 4 is 28.0 Å². The molecule has 0 spiro atoms. The molecule has 7 nitrogen and oxygen atoms in total. The van der Waals surface area contributed by atoms with Crippen LogP contribution in [-0.2, 0) is 6.54 Å². The van der Waals surface area contributed by atoms with Crippen LogP contribution in [-0.4, -0.2) is 51.5 Å². The number of H-pyrrole nitrogens is 1. The Labute approximate surface area is 205 Å². The minimum Gasteiger partial charge on any atom is -0.354 e. The quantitative estimate of drug-likeness (QED) is 0.447. The fourth-order valence-corrected chi connectivity index (χ4v) is 5.12. The van der Waals surface area contributed by atoms with Crippen molar-refractivity contribution in [2.75, 3.05) is 20.1 Å². The summed E-state index contributed by atoms with van der Waals surface area (Å²) in [7, 11) is 1.54. The van der Waals surface area contributed by atoms with Gasteiger partial charge in [-0.25, -0.2) is 8.78 Å². The van der Waals surface area contributed by atoms with Gasteiger partial charge in [0.2, 0.25) is 0 Å². The van der Waals surface area contributed by atoms with Crippen LogP contribution in [0.25, 0.3) is 22.1 Å². The summed E-state index contributed by atoms with van der Waals surface area (Å²) in [5.41, 5.74) is 4.69. The highest BCUT2D eigenvalue weighted by molar-refractivity contribution is 5.92. The molecule has 2 aliphatic rings. The van der Waals surface area contributed by atoms with Crippen molar-refractivity contribution in [2.24, 2.45) is 0 Å². The molecule has 184 valence electrons. The van der Waals surface area contributed by atoms with Gasteiger partial charge < -0.3 is 14.7 Å². The molecule has 2 N–H and O–H groups in total. The predicted molar refractivity (Wildman–Crippen MR) is 133 cm³/mol. The van der Waals surface area contributed by atoms with Gasteiger partial charge in [-0.2, -0.15) is 0 Å². The van der Waals surface area contributed by atoms with E-state index in [9.17, 15) is 14.0 Å². The molecule has 1 saturated carbocycles. The molecule has 0 saturated heterocycles. The van der Waals surface area contributed by atoms with Crippen molar-refractivity contribution < 1.29 is 13.6 Å². The Kier molecular flexibility index (Phi) is 5.44. The summed E-state index contributed by atoms with van der Waals surface area (Å²) in [6.07, 6.45) is 5.96. The number of alkyl halides is 1. The number of halogens is 2. The van der Waals surface area contributed by atoms with Crippen LogP contribution in [0.15, 0.2) is 53.6 Å². The number of nitrogens with one attached hydrogen (secondary N) is 2. The molecule has 4 aromatic rings. The molecular weight excluding hydrogens is 464 g/mol. The molecule has 0 radical (unpaired) electrons. The van der Waals surface area contributed by atoms with Crippen LogP contribution in [0.1, 0.15) is 45.9 Å². The van der Waals surface area contributed by atoms with Crippen LogP contribution < -0.4 is 10.9 Å². The van der Waals surface area contributed by atoms with E-state index in [1.807, 2.05) is 23.1 Å². The van der Waals surface area contributed by atoms with E-state index in [1.54, 1.807) is 22.7 Å². The minimum absolute atomic E-state index is 0.0174. The number of hydrogen-bond acceptors (Lipinski definition) is 4. The van der Waals surface area contributed by atoms with Crippen molar-refractivity contribution in [3.8, 4) is 0 Å². The molecule has 1 aliphatic heterocycles. The third-order valence-electron chi connectivity index (χ3n) is 7.11. The highest BCUT2D eigenvalue weighted by Gasteiger charge is 2.29. The first-order valence-electron chi connectivity index (χ1n) is 12.0. The van der Waals surface area contributed by atoms with Crippen molar-refractivity contribution in [3.05, 3.63) is 87.4 Å². The van der Waals surface area contributed by atoms with Gasteiger partial charge in [-0.3, -0.25) is 19.5 Å². The molecule has 1 aromatic carbocycles. The summed E-state index contributed by atoms with van der Waals surface area (Å²) in [5, 5.41) is 2.52. The zero-order chi connectivity index (χ0) is 25.0. The van der Waals surface area contributed by atoms with Crippen LogP contribution in [0, 0.1) is 5.82 Å². The number of aromatic nitrogens is 3. The van der Waals surface area contributed by atoms with Crippen LogP contribution in [0.5, 0.6) is 0 Å². The topological polar surface area (TPSA) is 82.5 Å². The van der Waals surface area contributed by atoms with Gasteiger partial charge >= 0.3 is 0 Å². The molecule has 9 heteroatoms. The van der Waals surface area contributed by atoms with E-state index in [0.29, 0.717) is 35.7 Å². The molecule has 4 heterocycles. The first-order valence-corrected chi connectivity index (χ1v) is 12.0. The number of aromatic amines is 1. The van der Waals surface area contributed by atoms with Crippen LogP contribution in [0.3, 0.4) is 0 Å². The van der Waals surface area contributed by atoms with E-state index in [1.165, 1.54) is 24.9 Å². The molecule has 0 bridgehead atoms. The predicted octanol–water partition coefficient (Wildman–Crippen LogP) is 3.79. The maximum Gasteiger partial charge on any atom is 0.275 e. The summed E-state index contributed by atoms with van der Waals surface area (Å²) in [6.45, 7) is 1.33. The van der Waals surface area contributed by atoms with E-state index >= 15 is 4.39 Å². The van der Waals surface area contributed by atoms with E-state index in [2.05, 4.69) is 15.3 Å². The Morgan fingerprint density at radius 2 is 2.08 bits per heavy atom. The standard InChI is InChI=1S/C27H25F2N5O2/c1-30-26(35)22-5-4-16(12-31-22)18-6-8-33(14-21(18)29)13-17-10-23-24(11-19(17)15-2-3-15)34-9-7-20(28)25(34)27(36)32-23/h4-7,9-12,15,21H,2-3,8,13-14H2,1H3,(H,30,35)(H,32,36). The van der Waals surface area contributed by atoms with Crippen LogP contribution in [0.4, 0.5) is 8.78 Å². The summed E-state index contributed by atoms with van der Waals surface area (Å²) >= 11 is 0. The number of rotatable bonds is 5. The average molecular weight is 490 g/mol. The summed E-state index contributed by atoms with van der Waals surface area (Å²) in [6, 6.07) is 8.62. The number of pyridine rings is 1. The number of fused-ring (bicyclic) bond motifs is 3. The Bertz CT molecular complexity index is 1580. The highest BCUT2D eigenvalue weighted by Crippen LogP contribution is 2.43. The Morgan fingerprint density at radius 3 is 2.78 bits per heavy atom. The highest BCUT2D eigenvalue weighted by atomic mass is 19.1. The fourth-order valence-electron chi connectivity index (χ4n) is 5.12. The number of carbonyl (C=O) groups excluding carboxylic acids is 1. The Balaban J connectivity index is 1.29. The summed E-state index contributed by atoms with van der Waals surface area (Å²) < 4.78 is 31.0. The molecule has 1 amide bonds. The Hall–Kier alpha value is -3.85. The monoisotopic (exact) mass is 489 g/mol. The molecule has 1 unspecified atom stereocenters. The van der Waals surface area contributed by atoms with Gasteiger partial charge in [0.15, 0.2) is 5.82 Å². The number of hydrogen-bond donors (Lipinski definition) is 2. The van der Waals surface area contributed by atoms with E-state index in [-0.39, 0.29) is 23.7 Å². The first kappa shape index (κ1) is 22.6. The SMILES string of the molecule is CNC(=O)c1ccc(C2=CCN(Cc3cc4[nH]c(=O)c5c(F)ccn5c4cc3C3CC3)CC2F)cn1. The Morgan fingerprint density at radius 1 is 1.25 bits per heavy atom. The fraction of sp³-hybridized carbons (Fsp3) is 0.296. The lowest BCUT2D eigenvalue weighted by atomic mass is 9.97. The second-order valence-corrected chi connectivity index (χ2v) is 9.51. The van der Waals surface area contributed by atoms with Gasteiger partial charge in [0.05, 0.1) is 11.0 Å². The van der Waals surface area contributed by atoms with Gasteiger partial charge in [0, 0.05) is 39.1 Å². The van der Waals surface area contributed by atoms with Gasteiger partial charge in [-0.1, -0.05) is 12.1 Å². The van der Waals surface area contributed by atoms with Gasteiger partial charge in [-0.05, 0) is 65.3 Å². The largest absolute Gasteiger partial charge is 0.354 e. The third kappa shape index (κ3) is 3.89. The summed E-state index contributed by atoms with van der Waals surface area (Å²) in [4.78, 5) is 33.2. The average Bonchev–Trinajstić information content (AvgIpc) is 3.64. The van der Waals surface area contributed by atoms with Crippen molar-refractivity contribution in [3.63, 3.8) is 0 Å². The number of carbonyl (C=O) groups is 1. The minimum atomic E-state index is -1.20. The molecule has 6 rings (SSSR count). The normalized spacial score (nSPS) is 18.5. The maximum absolute atomic E-state index is 15.3. The molecular formula is C27H25F2N5O2. The smallest absolute Gasteiger partial charge is 0.275 e. The van der Waals surface area contributed by atoms with E-state index in [4.69, 9.17) is 0 Å². The van der Waals surface area contributed by atoms with Crippen molar-refractivity contribution in [1.82, 2.24) is 24.6 Å². The zero-order valence-electron chi connectivity index (χ0n) is 19.7. The van der Waals surface area contributed by atoms with E-state index in [0.717, 1.165) is 23.9 Å². The molecule has 36 heavy (non-hydrogen) atoms. The lowest BCUT2D eigenvalue weighted by Crippen LogP contribution is -2.35. The molecule has 1 aliphatic carbocycles. The van der Waals surface area contributed by atoms with Crippen LogP contribution in [0.2, 0.25) is 0 Å². The number of benzene rings is 1. The van der Waals surface area contributed by atoms with Crippen LogP contribution >= 0.6 is 0 Å². The second-order valence-electron chi connectivity index (χ2n) is 9.51.